The average Bonchev–Trinajstić information content (AvgIpc) is 2.43. The summed E-state index contributed by atoms with van der Waals surface area (Å²) in [6, 6.07) is -0.287. The maximum absolute atomic E-state index is 12.2. The third kappa shape index (κ3) is 5.55. The molecule has 1 heterocycles. The van der Waals surface area contributed by atoms with E-state index in [1.165, 1.54) is 11.0 Å². The first-order valence-corrected chi connectivity index (χ1v) is 7.41. The minimum atomic E-state index is -0.582. The molecule has 0 saturated carbocycles. The van der Waals surface area contributed by atoms with Crippen LogP contribution in [0.1, 0.15) is 27.2 Å². The Morgan fingerprint density at radius 1 is 1.32 bits per heavy atom. The largest absolute Gasteiger partial charge is 0.445 e. The molecular formula is C15H26N2O5. The van der Waals surface area contributed by atoms with Crippen molar-refractivity contribution in [1.29, 1.82) is 0 Å². The van der Waals surface area contributed by atoms with Gasteiger partial charge in [-0.15, -0.1) is 0 Å². The Balaban J connectivity index is 2.68. The van der Waals surface area contributed by atoms with E-state index in [9.17, 15) is 14.7 Å². The number of carbonyl (C=O) groups excluding carboxylic acids is 2. The van der Waals surface area contributed by atoms with E-state index in [0.29, 0.717) is 26.1 Å². The molecule has 7 nitrogen and oxygen atoms in total. The molecule has 1 saturated heterocycles. The van der Waals surface area contributed by atoms with E-state index in [1.807, 2.05) is 0 Å². The Labute approximate surface area is 131 Å². The number of hydrogen-bond acceptors (Lipinski definition) is 5. The summed E-state index contributed by atoms with van der Waals surface area (Å²) in [5.74, 6) is 0. The van der Waals surface area contributed by atoms with Crippen LogP contribution in [0.2, 0.25) is 0 Å². The van der Waals surface area contributed by atoms with Crippen molar-refractivity contribution in [2.75, 3.05) is 32.8 Å². The van der Waals surface area contributed by atoms with Crippen molar-refractivity contribution in [3.63, 3.8) is 0 Å². The fourth-order valence-corrected chi connectivity index (χ4v) is 2.20. The number of piperazine rings is 1. The zero-order chi connectivity index (χ0) is 16.8. The summed E-state index contributed by atoms with van der Waals surface area (Å²) in [6.45, 7) is 10.0. The summed E-state index contributed by atoms with van der Waals surface area (Å²) in [4.78, 5) is 27.2. The van der Waals surface area contributed by atoms with Crippen LogP contribution in [0.3, 0.4) is 0 Å². The first kappa shape index (κ1) is 18.3. The highest BCUT2D eigenvalue weighted by molar-refractivity contribution is 5.71. The van der Waals surface area contributed by atoms with E-state index >= 15 is 0 Å². The lowest BCUT2D eigenvalue weighted by Gasteiger charge is -2.41. The van der Waals surface area contributed by atoms with Crippen molar-refractivity contribution < 1.29 is 24.2 Å². The molecule has 0 aromatic carbocycles. The second kappa shape index (κ2) is 8.03. The molecule has 1 unspecified atom stereocenters. The molecule has 0 radical (unpaired) electrons. The molecule has 0 aromatic heterocycles. The van der Waals surface area contributed by atoms with Gasteiger partial charge < -0.3 is 24.4 Å². The molecule has 1 N–H and O–H groups in total. The quantitative estimate of drug-likeness (QED) is 0.798. The van der Waals surface area contributed by atoms with Crippen molar-refractivity contribution in [3.8, 4) is 0 Å². The van der Waals surface area contributed by atoms with Crippen LogP contribution in [0.5, 0.6) is 0 Å². The zero-order valence-corrected chi connectivity index (χ0v) is 13.6. The van der Waals surface area contributed by atoms with Crippen LogP contribution in [0.25, 0.3) is 0 Å². The van der Waals surface area contributed by atoms with Gasteiger partial charge in [0.25, 0.3) is 0 Å². The number of nitrogens with zero attached hydrogens (tertiary/aromatic N) is 2. The van der Waals surface area contributed by atoms with Gasteiger partial charge in [0.2, 0.25) is 0 Å². The smallest absolute Gasteiger partial charge is 0.410 e. The maximum atomic E-state index is 12.2. The maximum Gasteiger partial charge on any atom is 0.410 e. The van der Waals surface area contributed by atoms with Gasteiger partial charge in [0.15, 0.2) is 0 Å². The van der Waals surface area contributed by atoms with Gasteiger partial charge in [-0.3, -0.25) is 0 Å². The van der Waals surface area contributed by atoms with Crippen molar-refractivity contribution in [2.24, 2.45) is 0 Å². The molecular weight excluding hydrogens is 288 g/mol. The SMILES string of the molecule is C=CCOC(=O)N1CCN(C(=O)OC(C)(C)C)C(CCO)C1. The molecule has 0 bridgehead atoms. The molecule has 126 valence electrons. The molecule has 1 aliphatic heterocycles. The molecule has 1 rings (SSSR count). The number of aliphatic hydroxyl groups is 1. The van der Waals surface area contributed by atoms with Crippen LogP contribution >= 0.6 is 0 Å². The summed E-state index contributed by atoms with van der Waals surface area (Å²) in [5.41, 5.74) is -0.582. The topological polar surface area (TPSA) is 79.3 Å². The van der Waals surface area contributed by atoms with Crippen LogP contribution in [0.15, 0.2) is 12.7 Å². The highest BCUT2D eigenvalue weighted by atomic mass is 16.6. The van der Waals surface area contributed by atoms with Gasteiger partial charge >= 0.3 is 12.2 Å². The first-order valence-electron chi connectivity index (χ1n) is 7.41. The Bertz CT molecular complexity index is 405. The lowest BCUT2D eigenvalue weighted by Crippen LogP contribution is -2.57. The highest BCUT2D eigenvalue weighted by Gasteiger charge is 2.34. The number of aliphatic hydroxyl groups excluding tert-OH is 1. The average molecular weight is 314 g/mol. The standard InChI is InChI=1S/C15H26N2O5/c1-5-10-21-13(19)16-7-8-17(12(11-16)6-9-18)14(20)22-15(2,3)4/h5,12,18H,1,6-11H2,2-4H3. The summed E-state index contributed by atoms with van der Waals surface area (Å²) in [7, 11) is 0. The summed E-state index contributed by atoms with van der Waals surface area (Å²) >= 11 is 0. The van der Waals surface area contributed by atoms with Crippen molar-refractivity contribution in [3.05, 3.63) is 12.7 Å². The number of amides is 2. The lowest BCUT2D eigenvalue weighted by atomic mass is 10.1. The van der Waals surface area contributed by atoms with E-state index in [1.54, 1.807) is 25.7 Å². The number of carbonyl (C=O) groups is 2. The van der Waals surface area contributed by atoms with Gasteiger partial charge in [0.05, 0.1) is 6.04 Å². The van der Waals surface area contributed by atoms with Gasteiger partial charge in [-0.05, 0) is 27.2 Å². The minimum absolute atomic E-state index is 0.0699. The summed E-state index contributed by atoms with van der Waals surface area (Å²) in [6.07, 6.45) is 1.02. The molecule has 1 atom stereocenters. The van der Waals surface area contributed by atoms with Gasteiger partial charge in [-0.2, -0.15) is 0 Å². The molecule has 1 aliphatic rings. The fraction of sp³-hybridized carbons (Fsp3) is 0.733. The van der Waals surface area contributed by atoms with E-state index < -0.39 is 17.8 Å². The lowest BCUT2D eigenvalue weighted by molar-refractivity contribution is -0.00541. The second-order valence-electron chi connectivity index (χ2n) is 6.15. The summed E-state index contributed by atoms with van der Waals surface area (Å²) in [5, 5.41) is 9.19. The van der Waals surface area contributed by atoms with Gasteiger partial charge in [0, 0.05) is 26.2 Å². The number of hydrogen-bond donors (Lipinski definition) is 1. The minimum Gasteiger partial charge on any atom is -0.445 e. The number of ether oxygens (including phenoxy) is 2. The Morgan fingerprint density at radius 2 is 2.00 bits per heavy atom. The van der Waals surface area contributed by atoms with Gasteiger partial charge in [-0.1, -0.05) is 12.7 Å². The predicted octanol–water partition coefficient (Wildman–Crippen LogP) is 1.61. The van der Waals surface area contributed by atoms with Gasteiger partial charge in [-0.25, -0.2) is 9.59 Å². The molecule has 0 spiro atoms. The third-order valence-electron chi connectivity index (χ3n) is 3.16. The predicted molar refractivity (Wildman–Crippen MR) is 81.5 cm³/mol. The van der Waals surface area contributed by atoms with Gasteiger partial charge in [0.1, 0.15) is 12.2 Å². The van der Waals surface area contributed by atoms with Crippen LogP contribution in [0, 0.1) is 0 Å². The Morgan fingerprint density at radius 3 is 2.55 bits per heavy atom. The van der Waals surface area contributed by atoms with Crippen molar-refractivity contribution in [1.82, 2.24) is 9.80 Å². The van der Waals surface area contributed by atoms with E-state index in [-0.39, 0.29) is 19.3 Å². The molecule has 0 aromatic rings. The van der Waals surface area contributed by atoms with Crippen molar-refractivity contribution >= 4 is 12.2 Å². The van der Waals surface area contributed by atoms with Crippen LogP contribution in [-0.2, 0) is 9.47 Å². The summed E-state index contributed by atoms with van der Waals surface area (Å²) < 4.78 is 10.4. The van der Waals surface area contributed by atoms with Crippen LogP contribution in [0.4, 0.5) is 9.59 Å². The normalized spacial score (nSPS) is 18.8. The molecule has 7 heteroatoms. The van der Waals surface area contributed by atoms with Crippen molar-refractivity contribution in [2.45, 2.75) is 38.8 Å². The van der Waals surface area contributed by atoms with E-state index in [0.717, 1.165) is 0 Å². The van der Waals surface area contributed by atoms with E-state index in [2.05, 4.69) is 6.58 Å². The Kier molecular flexibility index (Phi) is 6.67. The molecule has 0 aliphatic carbocycles. The zero-order valence-electron chi connectivity index (χ0n) is 13.6. The van der Waals surface area contributed by atoms with Crippen LogP contribution in [-0.4, -0.2) is 71.6 Å². The third-order valence-corrected chi connectivity index (χ3v) is 3.16. The second-order valence-corrected chi connectivity index (χ2v) is 6.15. The molecule has 2 amide bonds. The molecule has 22 heavy (non-hydrogen) atoms. The molecule has 1 fully saturated rings. The number of rotatable bonds is 4. The van der Waals surface area contributed by atoms with Crippen LogP contribution < -0.4 is 0 Å². The Hall–Kier alpha value is -1.76. The highest BCUT2D eigenvalue weighted by Crippen LogP contribution is 2.18. The first-order chi connectivity index (χ1) is 10.3. The fourth-order valence-electron chi connectivity index (χ4n) is 2.20. The monoisotopic (exact) mass is 314 g/mol. The van der Waals surface area contributed by atoms with E-state index in [4.69, 9.17) is 9.47 Å².